The second kappa shape index (κ2) is 2.26. The van der Waals surface area contributed by atoms with Gasteiger partial charge >= 0.3 is 7.60 Å². The van der Waals surface area contributed by atoms with Gasteiger partial charge in [-0.05, 0) is 6.92 Å². The lowest BCUT2D eigenvalue weighted by Gasteiger charge is -1.89. The van der Waals surface area contributed by atoms with Crippen molar-refractivity contribution in [1.82, 2.24) is 0 Å². The van der Waals surface area contributed by atoms with Crippen molar-refractivity contribution in [1.29, 1.82) is 0 Å². The van der Waals surface area contributed by atoms with Crippen LogP contribution in [0.1, 0.15) is 6.92 Å². The fourth-order valence-electron chi connectivity index (χ4n) is 0.194. The minimum atomic E-state index is -3.85. The highest BCUT2D eigenvalue weighted by Gasteiger charge is 2.02. The Morgan fingerprint density at radius 1 is 1.57 bits per heavy atom. The molecule has 0 spiro atoms. The van der Waals surface area contributed by atoms with Gasteiger partial charge in [-0.15, -0.1) is 0 Å². The summed E-state index contributed by atoms with van der Waals surface area (Å²) in [5, 5.41) is 0. The standard InChI is InChI=1S/C3H7O3P/c1-2-3-7(4,5)6/h2-3H,1H3,(H2,4,5,6)/b3-2-/i1+1,2+1,3+1. The van der Waals surface area contributed by atoms with Gasteiger partial charge in [-0.25, -0.2) is 0 Å². The summed E-state index contributed by atoms with van der Waals surface area (Å²) in [4.78, 5) is 16.1. The van der Waals surface area contributed by atoms with Crippen LogP contribution < -0.4 is 0 Å². The zero-order valence-corrected chi connectivity index (χ0v) is 4.80. The average molecular weight is 125 g/mol. The Hall–Kier alpha value is -0.110. The smallest absolute Gasteiger partial charge is 0.321 e. The SMILES string of the molecule is [13CH3]/[13CH]=[13CH]\P(=O)(O)O. The zero-order chi connectivity index (χ0) is 5.91. The lowest BCUT2D eigenvalue weighted by Crippen LogP contribution is -1.65. The summed E-state index contributed by atoms with van der Waals surface area (Å²) in [5.41, 5.74) is 0. The van der Waals surface area contributed by atoms with E-state index in [1.165, 1.54) is 6.08 Å². The summed E-state index contributed by atoms with van der Waals surface area (Å²) in [7, 11) is -3.85. The summed E-state index contributed by atoms with van der Waals surface area (Å²) in [6.45, 7) is 1.55. The fourth-order valence-corrected chi connectivity index (χ4v) is 0.583. The first-order valence-electron chi connectivity index (χ1n) is 1.75. The molecule has 0 radical (unpaired) electrons. The first-order chi connectivity index (χ1) is 3.06. The van der Waals surface area contributed by atoms with Gasteiger partial charge in [0.05, 0.1) is 0 Å². The van der Waals surface area contributed by atoms with E-state index in [4.69, 9.17) is 9.79 Å². The summed E-state index contributed by atoms with van der Waals surface area (Å²) < 4.78 is 9.84. The minimum Gasteiger partial charge on any atom is -0.321 e. The molecule has 0 aromatic rings. The Labute approximate surface area is 41.8 Å². The molecule has 0 aliphatic rings. The zero-order valence-electron chi connectivity index (χ0n) is 3.90. The molecule has 0 amide bonds. The molecule has 0 aliphatic heterocycles. The van der Waals surface area contributed by atoms with Gasteiger partial charge < -0.3 is 9.79 Å². The van der Waals surface area contributed by atoms with Crippen molar-refractivity contribution in [2.75, 3.05) is 0 Å². The van der Waals surface area contributed by atoms with Crippen LogP contribution in [0.3, 0.4) is 0 Å². The van der Waals surface area contributed by atoms with Crippen molar-refractivity contribution in [3.63, 3.8) is 0 Å². The van der Waals surface area contributed by atoms with Crippen LogP contribution in [0, 0.1) is 0 Å². The van der Waals surface area contributed by atoms with Gasteiger partial charge in [0.25, 0.3) is 0 Å². The molecule has 0 fully saturated rings. The largest absolute Gasteiger partial charge is 0.348 e. The molecule has 7 heavy (non-hydrogen) atoms. The van der Waals surface area contributed by atoms with Gasteiger partial charge in [-0.3, -0.25) is 4.57 Å². The number of hydrogen-bond donors (Lipinski definition) is 2. The first kappa shape index (κ1) is 6.89. The van der Waals surface area contributed by atoms with E-state index >= 15 is 0 Å². The molecular weight excluding hydrogens is 118 g/mol. The second-order valence-corrected chi connectivity index (χ2v) is 2.55. The maximum Gasteiger partial charge on any atom is 0.348 e. The maximum absolute atomic E-state index is 9.84. The molecule has 0 bridgehead atoms. The van der Waals surface area contributed by atoms with E-state index in [1.807, 2.05) is 0 Å². The third-order valence-corrected chi connectivity index (χ3v) is 1.03. The molecule has 0 aromatic carbocycles. The summed E-state index contributed by atoms with van der Waals surface area (Å²) >= 11 is 0. The topological polar surface area (TPSA) is 57.5 Å². The normalized spacial score (nSPS) is 13.0. The van der Waals surface area contributed by atoms with E-state index in [1.54, 1.807) is 6.92 Å². The van der Waals surface area contributed by atoms with Crippen LogP contribution in [-0.2, 0) is 4.57 Å². The van der Waals surface area contributed by atoms with E-state index in [0.717, 1.165) is 5.82 Å². The molecule has 0 atom stereocenters. The molecule has 3 nitrogen and oxygen atoms in total. The van der Waals surface area contributed by atoms with E-state index in [0.29, 0.717) is 0 Å². The van der Waals surface area contributed by atoms with Crippen LogP contribution in [0.2, 0.25) is 0 Å². The van der Waals surface area contributed by atoms with Crippen molar-refractivity contribution >= 4 is 7.60 Å². The van der Waals surface area contributed by atoms with Crippen LogP contribution in [0.5, 0.6) is 0 Å². The molecule has 0 unspecified atom stereocenters. The molecule has 0 aromatic heterocycles. The Bertz CT molecular complexity index is 111. The Morgan fingerprint density at radius 2 is 2.00 bits per heavy atom. The number of rotatable bonds is 1. The monoisotopic (exact) mass is 125 g/mol. The highest BCUT2D eigenvalue weighted by molar-refractivity contribution is 7.55. The molecule has 0 saturated carbocycles. The van der Waals surface area contributed by atoms with E-state index in [-0.39, 0.29) is 0 Å². The Morgan fingerprint density at radius 3 is 2.00 bits per heavy atom. The lowest BCUT2D eigenvalue weighted by atomic mass is 11.8. The van der Waals surface area contributed by atoms with E-state index < -0.39 is 7.60 Å². The predicted octanol–water partition coefficient (Wildman–Crippen LogP) is 0.698. The molecule has 0 rings (SSSR count). The third-order valence-electron chi connectivity index (χ3n) is 0.343. The quantitative estimate of drug-likeness (QED) is 0.400. The van der Waals surface area contributed by atoms with Gasteiger partial charge in [-0.1, -0.05) is 6.08 Å². The van der Waals surface area contributed by atoms with Crippen LogP contribution in [0.25, 0.3) is 0 Å². The van der Waals surface area contributed by atoms with Crippen LogP contribution in [0.15, 0.2) is 11.9 Å². The Balaban J connectivity index is 3.82. The van der Waals surface area contributed by atoms with Crippen LogP contribution in [-0.4, -0.2) is 9.79 Å². The predicted molar refractivity (Wildman–Crippen MR) is 26.9 cm³/mol. The molecular formula is C3H7O3P. The van der Waals surface area contributed by atoms with E-state index in [2.05, 4.69) is 0 Å². The third kappa shape index (κ3) is 5.89. The Kier molecular flexibility index (Phi) is 2.23. The lowest BCUT2D eigenvalue weighted by molar-refractivity contribution is 0.386. The van der Waals surface area contributed by atoms with Gasteiger partial charge in [-0.2, -0.15) is 0 Å². The first-order valence-corrected chi connectivity index (χ1v) is 3.43. The molecule has 4 heteroatoms. The average Bonchev–Trinajstić information content (AvgIpc) is 1.30. The minimum absolute atomic E-state index is 0.854. The van der Waals surface area contributed by atoms with Crippen molar-refractivity contribution < 1.29 is 14.4 Å². The number of hydrogen-bond acceptors (Lipinski definition) is 1. The van der Waals surface area contributed by atoms with Crippen LogP contribution >= 0.6 is 7.60 Å². The van der Waals surface area contributed by atoms with Crippen molar-refractivity contribution in [2.45, 2.75) is 6.92 Å². The van der Waals surface area contributed by atoms with Gasteiger partial charge in [0.2, 0.25) is 0 Å². The van der Waals surface area contributed by atoms with Crippen molar-refractivity contribution in [2.24, 2.45) is 0 Å². The number of allylic oxidation sites excluding steroid dienone is 1. The second-order valence-electron chi connectivity index (χ2n) is 1.07. The summed E-state index contributed by atoms with van der Waals surface area (Å²) in [6.07, 6.45) is 1.32. The molecule has 0 saturated heterocycles. The summed E-state index contributed by atoms with van der Waals surface area (Å²) in [5.74, 6) is 0.854. The van der Waals surface area contributed by atoms with Crippen LogP contribution in [0.4, 0.5) is 0 Å². The van der Waals surface area contributed by atoms with Gasteiger partial charge in [0.1, 0.15) is 0 Å². The van der Waals surface area contributed by atoms with Crippen molar-refractivity contribution in [3.05, 3.63) is 11.9 Å². The maximum atomic E-state index is 9.84. The van der Waals surface area contributed by atoms with Crippen molar-refractivity contribution in [3.8, 4) is 0 Å². The van der Waals surface area contributed by atoms with Gasteiger partial charge in [0, 0.05) is 5.82 Å². The molecule has 42 valence electrons. The molecule has 0 heterocycles. The van der Waals surface area contributed by atoms with Gasteiger partial charge in [0.15, 0.2) is 0 Å². The van der Waals surface area contributed by atoms with E-state index in [9.17, 15) is 4.57 Å². The molecule has 2 N–H and O–H groups in total. The molecule has 0 aliphatic carbocycles. The summed E-state index contributed by atoms with van der Waals surface area (Å²) in [6, 6.07) is 0. The fraction of sp³-hybridized carbons (Fsp3) is 0.333. The highest BCUT2D eigenvalue weighted by atomic mass is 31.2. The highest BCUT2D eigenvalue weighted by Crippen LogP contribution is 2.35.